The summed E-state index contributed by atoms with van der Waals surface area (Å²) in [5.74, 6) is 0. The van der Waals surface area contributed by atoms with Crippen LogP contribution in [0.3, 0.4) is 0 Å². The van der Waals surface area contributed by atoms with Gasteiger partial charge in [0.1, 0.15) is 0 Å². The molecule has 0 unspecified atom stereocenters. The van der Waals surface area contributed by atoms with Crippen LogP contribution in [0.1, 0.15) is 5.56 Å². The molecule has 2 heterocycles. The van der Waals surface area contributed by atoms with Gasteiger partial charge >= 0.3 is 0 Å². The average Bonchev–Trinajstić information content (AvgIpc) is 2.46. The summed E-state index contributed by atoms with van der Waals surface area (Å²) >= 11 is 5.82. The average molecular weight is 196 g/mol. The van der Waals surface area contributed by atoms with Gasteiger partial charge in [0, 0.05) is 35.1 Å². The van der Waals surface area contributed by atoms with Gasteiger partial charge in [-0.25, -0.2) is 9.07 Å². The predicted octanol–water partition coefficient (Wildman–Crippen LogP) is 1.85. The van der Waals surface area contributed by atoms with Crippen LogP contribution in [0.4, 0.5) is 0 Å². The van der Waals surface area contributed by atoms with E-state index in [0.717, 1.165) is 10.9 Å². The second kappa shape index (κ2) is 3.06. The van der Waals surface area contributed by atoms with Crippen LogP contribution in [0.15, 0.2) is 29.7 Å². The Morgan fingerprint density at radius 1 is 1.62 bits per heavy atom. The van der Waals surface area contributed by atoms with Crippen molar-refractivity contribution < 1.29 is 5.21 Å². The number of hydrogen-bond donors (Lipinski definition) is 1. The quantitative estimate of drug-likeness (QED) is 0.429. The third-order valence-corrected chi connectivity index (χ3v) is 2.01. The van der Waals surface area contributed by atoms with Crippen molar-refractivity contribution in [3.05, 3.63) is 30.1 Å². The molecule has 5 heteroatoms. The molecule has 0 fully saturated rings. The highest BCUT2D eigenvalue weighted by Gasteiger charge is 2.05. The Labute approximate surface area is 79.2 Å². The smallest absolute Gasteiger partial charge is 0.155 e. The summed E-state index contributed by atoms with van der Waals surface area (Å²) in [7, 11) is 0. The molecule has 0 amide bonds. The number of rotatable bonds is 1. The van der Waals surface area contributed by atoms with Gasteiger partial charge in [-0.1, -0.05) is 5.16 Å². The van der Waals surface area contributed by atoms with Crippen molar-refractivity contribution in [1.29, 1.82) is 0 Å². The maximum absolute atomic E-state index is 8.39. The highest BCUT2D eigenvalue weighted by atomic mass is 35.5. The van der Waals surface area contributed by atoms with Crippen LogP contribution in [-0.4, -0.2) is 20.5 Å². The van der Waals surface area contributed by atoms with Crippen LogP contribution in [0.25, 0.3) is 11.0 Å². The lowest BCUT2D eigenvalue weighted by atomic mass is 10.2. The summed E-state index contributed by atoms with van der Waals surface area (Å²) in [6.45, 7) is 0. The zero-order chi connectivity index (χ0) is 9.26. The fourth-order valence-electron chi connectivity index (χ4n) is 1.21. The Bertz CT molecular complexity index is 463. The molecular formula is C8H6ClN3O. The van der Waals surface area contributed by atoms with E-state index in [9.17, 15) is 0 Å². The Kier molecular flexibility index (Phi) is 1.90. The van der Waals surface area contributed by atoms with Gasteiger partial charge in [0.15, 0.2) is 5.65 Å². The number of fused-ring (bicyclic) bond motifs is 1. The summed E-state index contributed by atoms with van der Waals surface area (Å²) in [6.07, 6.45) is 4.61. The second-order valence-electron chi connectivity index (χ2n) is 2.51. The van der Waals surface area contributed by atoms with Gasteiger partial charge < -0.3 is 5.21 Å². The molecule has 0 radical (unpaired) electrons. The zero-order valence-electron chi connectivity index (χ0n) is 6.55. The van der Waals surface area contributed by atoms with E-state index in [1.807, 2.05) is 6.07 Å². The maximum atomic E-state index is 8.39. The summed E-state index contributed by atoms with van der Waals surface area (Å²) in [6, 6.07) is 3.66. The van der Waals surface area contributed by atoms with Crippen molar-refractivity contribution in [3.63, 3.8) is 0 Å². The number of halogens is 1. The topological polar surface area (TPSA) is 50.4 Å². The Balaban J connectivity index is 2.77. The standard InChI is InChI=1S/C8H6ClN3O/c9-12-5-6(4-11-13)7-2-1-3-10-8(7)12/h1-5,13H. The molecule has 1 N–H and O–H groups in total. The normalized spacial score (nSPS) is 11.5. The summed E-state index contributed by atoms with van der Waals surface area (Å²) in [4.78, 5) is 4.07. The molecule has 2 aromatic rings. The van der Waals surface area contributed by atoms with Crippen molar-refractivity contribution >= 4 is 29.0 Å². The highest BCUT2D eigenvalue weighted by molar-refractivity contribution is 6.20. The lowest BCUT2D eigenvalue weighted by molar-refractivity contribution is 0.322. The summed E-state index contributed by atoms with van der Waals surface area (Å²) < 4.78 is 1.37. The van der Waals surface area contributed by atoms with Crippen LogP contribution in [-0.2, 0) is 0 Å². The fourth-order valence-corrected chi connectivity index (χ4v) is 1.45. The van der Waals surface area contributed by atoms with E-state index in [0.29, 0.717) is 5.65 Å². The fraction of sp³-hybridized carbons (Fsp3) is 0. The Hall–Kier alpha value is -1.55. The van der Waals surface area contributed by atoms with Gasteiger partial charge in [0.2, 0.25) is 0 Å². The number of oxime groups is 1. The lowest BCUT2D eigenvalue weighted by Crippen LogP contribution is -1.79. The van der Waals surface area contributed by atoms with Crippen LogP contribution in [0.5, 0.6) is 0 Å². The minimum absolute atomic E-state index is 0.652. The van der Waals surface area contributed by atoms with Gasteiger partial charge in [0.05, 0.1) is 6.21 Å². The number of aromatic nitrogens is 2. The second-order valence-corrected chi connectivity index (χ2v) is 2.88. The monoisotopic (exact) mass is 195 g/mol. The third kappa shape index (κ3) is 1.25. The molecule has 0 saturated heterocycles. The molecule has 4 nitrogen and oxygen atoms in total. The molecule has 66 valence electrons. The van der Waals surface area contributed by atoms with Gasteiger partial charge in [-0.3, -0.25) is 0 Å². The first kappa shape index (κ1) is 8.07. The van der Waals surface area contributed by atoms with E-state index in [-0.39, 0.29) is 0 Å². The van der Waals surface area contributed by atoms with Crippen molar-refractivity contribution in [2.45, 2.75) is 0 Å². The molecule has 0 aliphatic heterocycles. The first-order chi connectivity index (χ1) is 6.33. The largest absolute Gasteiger partial charge is 0.411 e. The van der Waals surface area contributed by atoms with Gasteiger partial charge in [-0.15, -0.1) is 0 Å². The van der Waals surface area contributed by atoms with Gasteiger partial charge in [-0.05, 0) is 12.1 Å². The molecular weight excluding hydrogens is 190 g/mol. The number of hydrogen-bond acceptors (Lipinski definition) is 3. The Morgan fingerprint density at radius 3 is 3.23 bits per heavy atom. The molecule has 0 saturated carbocycles. The number of nitrogens with zero attached hydrogens (tertiary/aromatic N) is 3. The van der Waals surface area contributed by atoms with Crippen LogP contribution < -0.4 is 0 Å². The van der Waals surface area contributed by atoms with E-state index in [1.165, 1.54) is 10.3 Å². The van der Waals surface area contributed by atoms with Crippen LogP contribution >= 0.6 is 11.8 Å². The van der Waals surface area contributed by atoms with E-state index >= 15 is 0 Å². The van der Waals surface area contributed by atoms with Crippen molar-refractivity contribution in [2.75, 3.05) is 0 Å². The SMILES string of the molecule is ON=Cc1cn(Cl)c2ncccc12. The molecule has 0 spiro atoms. The van der Waals surface area contributed by atoms with E-state index in [2.05, 4.69) is 10.1 Å². The van der Waals surface area contributed by atoms with E-state index in [4.69, 9.17) is 17.0 Å². The first-order valence-corrected chi connectivity index (χ1v) is 3.96. The minimum Gasteiger partial charge on any atom is -0.411 e. The number of pyridine rings is 1. The van der Waals surface area contributed by atoms with Crippen molar-refractivity contribution in [3.8, 4) is 0 Å². The summed E-state index contributed by atoms with van der Waals surface area (Å²) in [5.41, 5.74) is 1.39. The van der Waals surface area contributed by atoms with Gasteiger partial charge in [0.25, 0.3) is 0 Å². The molecule has 2 aromatic heterocycles. The zero-order valence-corrected chi connectivity index (χ0v) is 7.31. The molecule has 0 aliphatic rings. The third-order valence-electron chi connectivity index (χ3n) is 1.75. The minimum atomic E-state index is 0.652. The highest BCUT2D eigenvalue weighted by Crippen LogP contribution is 2.18. The molecule has 0 aliphatic carbocycles. The van der Waals surface area contributed by atoms with Gasteiger partial charge in [-0.2, -0.15) is 0 Å². The molecule has 13 heavy (non-hydrogen) atoms. The summed E-state index contributed by atoms with van der Waals surface area (Å²) in [5, 5.41) is 12.2. The lowest BCUT2D eigenvalue weighted by Gasteiger charge is -1.89. The Morgan fingerprint density at radius 2 is 2.46 bits per heavy atom. The molecule has 2 rings (SSSR count). The predicted molar refractivity (Wildman–Crippen MR) is 50.4 cm³/mol. The van der Waals surface area contributed by atoms with E-state index in [1.54, 1.807) is 18.5 Å². The van der Waals surface area contributed by atoms with Crippen molar-refractivity contribution in [1.82, 2.24) is 9.07 Å². The molecule has 0 bridgehead atoms. The maximum Gasteiger partial charge on any atom is 0.155 e. The first-order valence-electron chi connectivity index (χ1n) is 3.62. The molecule has 0 aromatic carbocycles. The molecule has 0 atom stereocenters. The van der Waals surface area contributed by atoms with Crippen LogP contribution in [0.2, 0.25) is 0 Å². The van der Waals surface area contributed by atoms with Crippen molar-refractivity contribution in [2.24, 2.45) is 5.16 Å². The van der Waals surface area contributed by atoms with Crippen LogP contribution in [0, 0.1) is 0 Å². The van der Waals surface area contributed by atoms with E-state index < -0.39 is 0 Å².